The molecule has 0 aliphatic rings. The molecule has 0 fully saturated rings. The highest BCUT2D eigenvalue weighted by Crippen LogP contribution is 2.37. The number of ether oxygens (including phenoxy) is 1. The van der Waals surface area contributed by atoms with Gasteiger partial charge in [-0.05, 0) is 32.4 Å². The second-order valence-electron chi connectivity index (χ2n) is 5.94. The van der Waals surface area contributed by atoms with Crippen molar-refractivity contribution in [3.63, 3.8) is 0 Å². The number of nitrogens with zero attached hydrogens (tertiary/aromatic N) is 2. The summed E-state index contributed by atoms with van der Waals surface area (Å²) in [7, 11) is 0. The van der Waals surface area contributed by atoms with Crippen molar-refractivity contribution < 1.29 is 9.15 Å². The van der Waals surface area contributed by atoms with Crippen molar-refractivity contribution in [1.82, 2.24) is 0 Å². The summed E-state index contributed by atoms with van der Waals surface area (Å²) in [6.07, 6.45) is -0.286. The van der Waals surface area contributed by atoms with Crippen LogP contribution in [0.3, 0.4) is 0 Å². The van der Waals surface area contributed by atoms with E-state index in [0.717, 1.165) is 22.3 Å². The van der Waals surface area contributed by atoms with Crippen LogP contribution in [-0.2, 0) is 4.74 Å². The average molecular weight is 330 g/mol. The van der Waals surface area contributed by atoms with E-state index in [1.54, 1.807) is 12.1 Å². The first kappa shape index (κ1) is 16.8. The lowest BCUT2D eigenvalue weighted by Gasteiger charge is -2.18. The molecule has 0 saturated heterocycles. The molecule has 1 aromatic heterocycles. The lowest BCUT2D eigenvalue weighted by Crippen LogP contribution is -2.07. The van der Waals surface area contributed by atoms with Gasteiger partial charge in [0, 0.05) is 23.6 Å². The number of nitriles is 2. The fourth-order valence-corrected chi connectivity index (χ4v) is 3.05. The molecule has 0 unspecified atom stereocenters. The molecule has 0 spiro atoms. The molecular weight excluding hydrogens is 312 g/mol. The van der Waals surface area contributed by atoms with Gasteiger partial charge in [-0.15, -0.1) is 0 Å². The molecule has 0 aliphatic carbocycles. The van der Waals surface area contributed by atoms with Crippen LogP contribution in [0.25, 0.3) is 11.0 Å². The van der Waals surface area contributed by atoms with Crippen LogP contribution < -0.4 is 0 Å². The van der Waals surface area contributed by atoms with Crippen LogP contribution in [0.1, 0.15) is 46.6 Å². The summed E-state index contributed by atoms with van der Waals surface area (Å²) in [5, 5.41) is 19.4. The minimum absolute atomic E-state index is 0.286. The lowest BCUT2D eigenvalue weighted by atomic mass is 9.96. The quantitative estimate of drug-likeness (QED) is 0.681. The van der Waals surface area contributed by atoms with E-state index in [1.807, 2.05) is 51.1 Å². The Morgan fingerprint density at radius 3 is 2.28 bits per heavy atom. The van der Waals surface area contributed by atoms with Crippen molar-refractivity contribution in [3.05, 3.63) is 70.0 Å². The van der Waals surface area contributed by atoms with E-state index in [1.165, 1.54) is 5.56 Å². The Labute approximate surface area is 146 Å². The van der Waals surface area contributed by atoms with Gasteiger partial charge in [0.2, 0.25) is 0 Å². The second kappa shape index (κ2) is 6.81. The normalized spacial score (nSPS) is 11.9. The molecule has 0 radical (unpaired) electrons. The van der Waals surface area contributed by atoms with Gasteiger partial charge in [0.1, 0.15) is 29.6 Å². The van der Waals surface area contributed by atoms with Crippen LogP contribution in [0.15, 0.2) is 40.8 Å². The number of rotatable bonds is 4. The summed E-state index contributed by atoms with van der Waals surface area (Å²) < 4.78 is 11.9. The van der Waals surface area contributed by atoms with E-state index in [-0.39, 0.29) is 6.10 Å². The molecule has 1 heterocycles. The van der Waals surface area contributed by atoms with Crippen LogP contribution in [0.4, 0.5) is 0 Å². The highest BCUT2D eigenvalue weighted by atomic mass is 16.5. The average Bonchev–Trinajstić information content (AvgIpc) is 2.94. The number of fused-ring (bicyclic) bond motifs is 1. The summed E-state index contributed by atoms with van der Waals surface area (Å²) >= 11 is 0. The summed E-state index contributed by atoms with van der Waals surface area (Å²) in [6, 6.07) is 15.7. The lowest BCUT2D eigenvalue weighted by molar-refractivity contribution is 0.0911. The molecule has 0 amide bonds. The predicted molar refractivity (Wildman–Crippen MR) is 95.0 cm³/mol. The monoisotopic (exact) mass is 330 g/mol. The maximum absolute atomic E-state index is 9.33. The summed E-state index contributed by atoms with van der Waals surface area (Å²) in [6.45, 7) is 6.42. The fourth-order valence-electron chi connectivity index (χ4n) is 3.05. The number of furan rings is 1. The molecule has 1 atom stereocenters. The van der Waals surface area contributed by atoms with Crippen molar-refractivity contribution in [2.75, 3.05) is 6.61 Å². The van der Waals surface area contributed by atoms with Crippen LogP contribution >= 0.6 is 0 Å². The van der Waals surface area contributed by atoms with Gasteiger partial charge in [0.05, 0.1) is 11.1 Å². The first-order chi connectivity index (χ1) is 12.1. The number of hydrogen-bond acceptors (Lipinski definition) is 4. The Hall–Kier alpha value is -3.08. The SMILES string of the molecule is CCO[C@H](c1ccc(C)cc1)c1c(C)oc2cc(C#N)c(C#N)cc12. The molecule has 0 N–H and O–H groups in total. The van der Waals surface area contributed by atoms with Crippen molar-refractivity contribution in [1.29, 1.82) is 10.5 Å². The van der Waals surface area contributed by atoms with E-state index in [9.17, 15) is 10.5 Å². The molecule has 124 valence electrons. The zero-order valence-corrected chi connectivity index (χ0v) is 14.5. The van der Waals surface area contributed by atoms with Gasteiger partial charge in [-0.25, -0.2) is 0 Å². The number of benzene rings is 2. The van der Waals surface area contributed by atoms with Gasteiger partial charge in [-0.2, -0.15) is 10.5 Å². The van der Waals surface area contributed by atoms with Gasteiger partial charge < -0.3 is 9.15 Å². The van der Waals surface area contributed by atoms with E-state index >= 15 is 0 Å². The molecule has 2 aromatic carbocycles. The molecule has 0 bridgehead atoms. The maximum Gasteiger partial charge on any atom is 0.136 e. The molecule has 0 aliphatic heterocycles. The van der Waals surface area contributed by atoms with E-state index in [4.69, 9.17) is 9.15 Å². The topological polar surface area (TPSA) is 69.9 Å². The van der Waals surface area contributed by atoms with Crippen LogP contribution in [0, 0.1) is 36.5 Å². The van der Waals surface area contributed by atoms with E-state index in [2.05, 4.69) is 6.07 Å². The minimum atomic E-state index is -0.286. The molecule has 3 rings (SSSR count). The highest BCUT2D eigenvalue weighted by Gasteiger charge is 2.24. The zero-order chi connectivity index (χ0) is 18.0. The van der Waals surface area contributed by atoms with Crippen LogP contribution in [0.5, 0.6) is 0 Å². The predicted octanol–water partition coefficient (Wildman–Crippen LogP) is 4.92. The van der Waals surface area contributed by atoms with Gasteiger partial charge in [-0.3, -0.25) is 0 Å². The number of hydrogen-bond donors (Lipinski definition) is 0. The molecule has 4 nitrogen and oxygen atoms in total. The third-order valence-electron chi connectivity index (χ3n) is 4.27. The molecule has 25 heavy (non-hydrogen) atoms. The van der Waals surface area contributed by atoms with Gasteiger partial charge in [-0.1, -0.05) is 29.8 Å². The number of aryl methyl sites for hydroxylation is 2. The van der Waals surface area contributed by atoms with E-state index < -0.39 is 0 Å². The zero-order valence-electron chi connectivity index (χ0n) is 14.5. The Morgan fingerprint density at radius 1 is 1.04 bits per heavy atom. The van der Waals surface area contributed by atoms with Gasteiger partial charge >= 0.3 is 0 Å². The fraction of sp³-hybridized carbons (Fsp3) is 0.238. The van der Waals surface area contributed by atoms with Gasteiger partial charge in [0.15, 0.2) is 0 Å². The largest absolute Gasteiger partial charge is 0.461 e. The van der Waals surface area contributed by atoms with Crippen molar-refractivity contribution in [3.8, 4) is 12.1 Å². The standard InChI is InChI=1S/C21H18N2O2/c1-4-24-21(15-7-5-13(2)6-8-15)20-14(3)25-19-10-17(12-23)16(11-22)9-18(19)20/h5-10,21H,4H2,1-3H3/t21-/m1/s1. The Kier molecular flexibility index (Phi) is 4.57. The molecule has 4 heteroatoms. The maximum atomic E-state index is 9.33. The Balaban J connectivity index is 2.24. The Bertz CT molecular complexity index is 1000. The molecule has 0 saturated carbocycles. The second-order valence-corrected chi connectivity index (χ2v) is 5.94. The van der Waals surface area contributed by atoms with Crippen molar-refractivity contribution in [2.24, 2.45) is 0 Å². The minimum Gasteiger partial charge on any atom is -0.461 e. The summed E-state index contributed by atoms with van der Waals surface area (Å²) in [5.74, 6) is 0.730. The highest BCUT2D eigenvalue weighted by molar-refractivity contribution is 5.86. The van der Waals surface area contributed by atoms with Crippen molar-refractivity contribution in [2.45, 2.75) is 26.9 Å². The van der Waals surface area contributed by atoms with Crippen LogP contribution in [0.2, 0.25) is 0 Å². The summed E-state index contributed by atoms with van der Waals surface area (Å²) in [4.78, 5) is 0. The van der Waals surface area contributed by atoms with Crippen LogP contribution in [-0.4, -0.2) is 6.61 Å². The first-order valence-electron chi connectivity index (χ1n) is 8.14. The summed E-state index contributed by atoms with van der Waals surface area (Å²) in [5.41, 5.74) is 4.37. The smallest absolute Gasteiger partial charge is 0.136 e. The Morgan fingerprint density at radius 2 is 1.68 bits per heavy atom. The molecule has 3 aromatic rings. The van der Waals surface area contributed by atoms with Crippen molar-refractivity contribution >= 4 is 11.0 Å². The third-order valence-corrected chi connectivity index (χ3v) is 4.27. The third kappa shape index (κ3) is 3.01. The first-order valence-corrected chi connectivity index (χ1v) is 8.14. The van der Waals surface area contributed by atoms with E-state index in [0.29, 0.717) is 23.3 Å². The van der Waals surface area contributed by atoms with Gasteiger partial charge in [0.25, 0.3) is 0 Å². The molecular formula is C21H18N2O2.